The van der Waals surface area contributed by atoms with E-state index in [4.69, 9.17) is 16.3 Å². The normalized spacial score (nSPS) is 16.9. The van der Waals surface area contributed by atoms with Gasteiger partial charge in [-0.2, -0.15) is 0 Å². The summed E-state index contributed by atoms with van der Waals surface area (Å²) in [4.78, 5) is 15.5. The van der Waals surface area contributed by atoms with Gasteiger partial charge in [-0.1, -0.05) is 84.4 Å². The van der Waals surface area contributed by atoms with Gasteiger partial charge in [-0.15, -0.1) is 0 Å². The molecule has 1 saturated heterocycles. The van der Waals surface area contributed by atoms with Crippen molar-refractivity contribution in [3.63, 3.8) is 0 Å². The molecule has 4 heteroatoms. The molecule has 0 aliphatic carbocycles. The monoisotopic (exact) mass is 391 g/mol. The van der Waals surface area contributed by atoms with E-state index in [0.717, 1.165) is 16.7 Å². The molecule has 3 aromatic rings. The Bertz CT molecular complexity index is 873. The van der Waals surface area contributed by atoms with Crippen molar-refractivity contribution in [2.75, 3.05) is 19.7 Å². The van der Waals surface area contributed by atoms with Crippen LogP contribution in [0.5, 0.6) is 0 Å². The molecule has 1 aliphatic rings. The third kappa shape index (κ3) is 4.11. The zero-order valence-electron chi connectivity index (χ0n) is 15.5. The van der Waals surface area contributed by atoms with Gasteiger partial charge in [-0.05, 0) is 28.8 Å². The molecule has 0 N–H and O–H groups in total. The highest BCUT2D eigenvalue weighted by molar-refractivity contribution is 6.30. The number of benzene rings is 3. The van der Waals surface area contributed by atoms with Crippen molar-refractivity contribution in [1.29, 1.82) is 0 Å². The molecule has 1 atom stereocenters. The van der Waals surface area contributed by atoms with Crippen LogP contribution < -0.4 is 0 Å². The number of hydrogen-bond acceptors (Lipinski definition) is 2. The number of carbonyl (C=O) groups is 1. The van der Waals surface area contributed by atoms with E-state index < -0.39 is 0 Å². The summed E-state index contributed by atoms with van der Waals surface area (Å²) in [6, 6.07) is 27.6. The van der Waals surface area contributed by atoms with Gasteiger partial charge in [-0.3, -0.25) is 4.79 Å². The van der Waals surface area contributed by atoms with Gasteiger partial charge >= 0.3 is 0 Å². The predicted molar refractivity (Wildman–Crippen MR) is 111 cm³/mol. The third-order valence-corrected chi connectivity index (χ3v) is 5.38. The maximum absolute atomic E-state index is 13.6. The van der Waals surface area contributed by atoms with E-state index in [1.165, 1.54) is 0 Å². The first-order valence-corrected chi connectivity index (χ1v) is 9.86. The van der Waals surface area contributed by atoms with Crippen LogP contribution >= 0.6 is 11.6 Å². The number of nitrogens with zero attached hydrogens (tertiary/aromatic N) is 1. The van der Waals surface area contributed by atoms with Crippen LogP contribution in [0.25, 0.3) is 0 Å². The van der Waals surface area contributed by atoms with Crippen LogP contribution in [0.3, 0.4) is 0 Å². The smallest absolute Gasteiger partial charge is 0.234 e. The lowest BCUT2D eigenvalue weighted by Gasteiger charge is -2.35. The molecule has 1 fully saturated rings. The van der Waals surface area contributed by atoms with Crippen molar-refractivity contribution < 1.29 is 9.53 Å². The highest BCUT2D eigenvalue weighted by Crippen LogP contribution is 2.30. The van der Waals surface area contributed by atoms with Crippen LogP contribution in [-0.4, -0.2) is 30.5 Å². The molecular formula is C24H22ClNO2. The van der Waals surface area contributed by atoms with Gasteiger partial charge < -0.3 is 9.64 Å². The number of ether oxygens (including phenoxy) is 1. The average molecular weight is 392 g/mol. The first-order valence-electron chi connectivity index (χ1n) is 9.48. The Morgan fingerprint density at radius 2 is 1.46 bits per heavy atom. The standard InChI is InChI=1S/C24H22ClNO2/c25-21-13-11-18(12-14-21)22-17-26(15-16-28-22)24(27)23(19-7-3-1-4-8-19)20-9-5-2-6-10-20/h1-14,22-23H,15-17H2. The van der Waals surface area contributed by atoms with Gasteiger partial charge in [0.2, 0.25) is 5.91 Å². The Balaban J connectivity index is 1.60. The number of morpholine rings is 1. The summed E-state index contributed by atoms with van der Waals surface area (Å²) in [7, 11) is 0. The fraction of sp³-hybridized carbons (Fsp3) is 0.208. The van der Waals surface area contributed by atoms with Crippen LogP contribution in [0.1, 0.15) is 28.7 Å². The van der Waals surface area contributed by atoms with E-state index in [1.54, 1.807) is 0 Å². The summed E-state index contributed by atoms with van der Waals surface area (Å²) in [5.41, 5.74) is 3.05. The SMILES string of the molecule is O=C(C(c1ccccc1)c1ccccc1)N1CCOC(c2ccc(Cl)cc2)C1. The molecule has 0 bridgehead atoms. The lowest BCUT2D eigenvalue weighted by atomic mass is 9.89. The van der Waals surface area contributed by atoms with Crippen molar-refractivity contribution in [1.82, 2.24) is 4.90 Å². The Kier molecular flexibility index (Phi) is 5.75. The molecule has 3 nitrogen and oxygen atoms in total. The summed E-state index contributed by atoms with van der Waals surface area (Å²) >= 11 is 6.00. The highest BCUT2D eigenvalue weighted by atomic mass is 35.5. The molecule has 0 saturated carbocycles. The first kappa shape index (κ1) is 18.7. The fourth-order valence-electron chi connectivity index (χ4n) is 3.68. The third-order valence-electron chi connectivity index (χ3n) is 5.13. The van der Waals surface area contributed by atoms with Crippen molar-refractivity contribution >= 4 is 17.5 Å². The van der Waals surface area contributed by atoms with Crippen LogP contribution in [0.15, 0.2) is 84.9 Å². The summed E-state index contributed by atoms with van der Waals surface area (Å²) in [6.45, 7) is 1.66. The molecule has 0 aromatic heterocycles. The summed E-state index contributed by atoms with van der Waals surface area (Å²) in [5, 5.41) is 0.695. The average Bonchev–Trinajstić information content (AvgIpc) is 2.76. The van der Waals surface area contributed by atoms with Gasteiger partial charge in [0.25, 0.3) is 0 Å². The first-order chi connectivity index (χ1) is 13.7. The molecule has 4 rings (SSSR count). The maximum Gasteiger partial charge on any atom is 0.234 e. The molecule has 1 heterocycles. The number of rotatable bonds is 4. The quantitative estimate of drug-likeness (QED) is 0.621. The molecular weight excluding hydrogens is 370 g/mol. The molecule has 1 aliphatic heterocycles. The van der Waals surface area contributed by atoms with E-state index >= 15 is 0 Å². The van der Waals surface area contributed by atoms with Crippen molar-refractivity contribution in [3.05, 3.63) is 107 Å². The minimum atomic E-state index is -0.314. The Morgan fingerprint density at radius 1 is 0.893 bits per heavy atom. The lowest BCUT2D eigenvalue weighted by molar-refractivity contribution is -0.139. The molecule has 1 amide bonds. The van der Waals surface area contributed by atoms with Gasteiger partial charge in [0, 0.05) is 11.6 Å². The lowest BCUT2D eigenvalue weighted by Crippen LogP contribution is -2.44. The molecule has 0 radical (unpaired) electrons. The number of amides is 1. The van der Waals surface area contributed by atoms with Crippen molar-refractivity contribution in [2.45, 2.75) is 12.0 Å². The van der Waals surface area contributed by atoms with Crippen LogP contribution in [0.2, 0.25) is 5.02 Å². The van der Waals surface area contributed by atoms with Crippen LogP contribution in [0.4, 0.5) is 0 Å². The Hall–Kier alpha value is -2.62. The van der Waals surface area contributed by atoms with E-state index in [-0.39, 0.29) is 17.9 Å². The minimum Gasteiger partial charge on any atom is -0.370 e. The van der Waals surface area contributed by atoms with E-state index in [9.17, 15) is 4.79 Å². The molecule has 3 aromatic carbocycles. The number of carbonyl (C=O) groups excluding carboxylic acids is 1. The second-order valence-corrected chi connectivity index (χ2v) is 7.39. The van der Waals surface area contributed by atoms with Gasteiger partial charge in [0.15, 0.2) is 0 Å². The van der Waals surface area contributed by atoms with Gasteiger partial charge in [0.05, 0.1) is 19.1 Å². The topological polar surface area (TPSA) is 29.5 Å². The van der Waals surface area contributed by atoms with Gasteiger partial charge in [0.1, 0.15) is 6.10 Å². The maximum atomic E-state index is 13.6. The molecule has 28 heavy (non-hydrogen) atoms. The summed E-state index contributed by atoms with van der Waals surface area (Å²) in [5.74, 6) is -0.203. The van der Waals surface area contributed by atoms with E-state index in [1.807, 2.05) is 89.8 Å². The second kappa shape index (κ2) is 8.59. The molecule has 142 valence electrons. The number of hydrogen-bond donors (Lipinski definition) is 0. The second-order valence-electron chi connectivity index (χ2n) is 6.95. The summed E-state index contributed by atoms with van der Waals surface area (Å²) < 4.78 is 5.94. The fourth-order valence-corrected chi connectivity index (χ4v) is 3.81. The van der Waals surface area contributed by atoms with E-state index in [2.05, 4.69) is 0 Å². The minimum absolute atomic E-state index is 0.111. The Labute approximate surface area is 170 Å². The highest BCUT2D eigenvalue weighted by Gasteiger charge is 2.31. The molecule has 1 unspecified atom stereocenters. The molecule has 0 spiro atoms. The zero-order chi connectivity index (χ0) is 19.3. The van der Waals surface area contributed by atoms with Crippen molar-refractivity contribution in [3.8, 4) is 0 Å². The zero-order valence-corrected chi connectivity index (χ0v) is 16.3. The number of halogens is 1. The van der Waals surface area contributed by atoms with Crippen molar-refractivity contribution in [2.24, 2.45) is 0 Å². The van der Waals surface area contributed by atoms with Gasteiger partial charge in [-0.25, -0.2) is 0 Å². The van der Waals surface area contributed by atoms with Crippen LogP contribution in [0, 0.1) is 0 Å². The summed E-state index contributed by atoms with van der Waals surface area (Å²) in [6.07, 6.45) is -0.137. The van der Waals surface area contributed by atoms with E-state index in [0.29, 0.717) is 24.7 Å². The largest absolute Gasteiger partial charge is 0.370 e. The van der Waals surface area contributed by atoms with Crippen LogP contribution in [-0.2, 0) is 9.53 Å². The predicted octanol–water partition coefficient (Wildman–Crippen LogP) is 5.07. The Morgan fingerprint density at radius 3 is 2.04 bits per heavy atom.